The van der Waals surface area contributed by atoms with Crippen LogP contribution in [0, 0.1) is 5.82 Å². The number of hydrogen-bond acceptors (Lipinski definition) is 1. The SMILES string of the molecule is C[Si](C)(C)c1cc2cccc(F)c2o1. The number of halogens is 1. The third kappa shape index (κ3) is 1.48. The minimum Gasteiger partial charge on any atom is -0.463 e. The molecule has 2 aromatic rings. The summed E-state index contributed by atoms with van der Waals surface area (Å²) in [5.74, 6) is -0.271. The second-order valence-corrected chi connectivity index (χ2v) is 9.51. The second-order valence-electron chi connectivity index (χ2n) is 4.52. The van der Waals surface area contributed by atoms with Crippen molar-refractivity contribution in [2.75, 3.05) is 0 Å². The van der Waals surface area contributed by atoms with Crippen molar-refractivity contribution in [3.63, 3.8) is 0 Å². The van der Waals surface area contributed by atoms with Crippen molar-refractivity contribution in [2.24, 2.45) is 0 Å². The zero-order valence-corrected chi connectivity index (χ0v) is 9.60. The van der Waals surface area contributed by atoms with E-state index in [0.717, 1.165) is 10.8 Å². The van der Waals surface area contributed by atoms with Crippen LogP contribution in [0.2, 0.25) is 19.6 Å². The van der Waals surface area contributed by atoms with Gasteiger partial charge in [0.2, 0.25) is 0 Å². The molecule has 1 heterocycles. The Labute approximate surface area is 83.5 Å². The zero-order valence-electron chi connectivity index (χ0n) is 8.60. The van der Waals surface area contributed by atoms with Crippen LogP contribution in [0.3, 0.4) is 0 Å². The lowest BCUT2D eigenvalue weighted by molar-refractivity contribution is 0.576. The molecule has 0 spiro atoms. The molecule has 1 nitrogen and oxygen atoms in total. The summed E-state index contributed by atoms with van der Waals surface area (Å²) < 4.78 is 18.9. The summed E-state index contributed by atoms with van der Waals surface area (Å²) in [6.45, 7) is 6.55. The first-order valence-corrected chi connectivity index (χ1v) is 8.17. The monoisotopic (exact) mass is 208 g/mol. The first kappa shape index (κ1) is 9.46. The molecule has 74 valence electrons. The van der Waals surface area contributed by atoms with Crippen LogP contribution in [0.15, 0.2) is 28.7 Å². The maximum Gasteiger partial charge on any atom is 0.169 e. The first-order valence-electron chi connectivity index (χ1n) is 4.67. The van der Waals surface area contributed by atoms with Gasteiger partial charge in [0.05, 0.1) is 5.38 Å². The molecule has 0 aliphatic carbocycles. The largest absolute Gasteiger partial charge is 0.463 e. The average Bonchev–Trinajstić information content (AvgIpc) is 2.48. The molecule has 0 N–H and O–H groups in total. The molecule has 0 fully saturated rings. The Bertz CT molecular complexity index is 468. The standard InChI is InChI=1S/C11H13FOSi/c1-14(2,3)10-7-8-5-4-6-9(12)11(8)13-10/h4-7H,1-3H3. The summed E-state index contributed by atoms with van der Waals surface area (Å²) in [6.07, 6.45) is 0. The van der Waals surface area contributed by atoms with Crippen LogP contribution in [0.1, 0.15) is 0 Å². The van der Waals surface area contributed by atoms with Crippen LogP contribution in [-0.4, -0.2) is 8.07 Å². The van der Waals surface area contributed by atoms with Crippen molar-refractivity contribution >= 4 is 24.4 Å². The number of fused-ring (bicyclic) bond motifs is 1. The minimum atomic E-state index is -1.47. The molecule has 3 heteroatoms. The quantitative estimate of drug-likeness (QED) is 0.656. The van der Waals surface area contributed by atoms with Crippen LogP contribution >= 0.6 is 0 Å². The Morgan fingerprint density at radius 2 is 1.93 bits per heavy atom. The molecule has 0 bridgehead atoms. The number of benzene rings is 1. The molecule has 0 aliphatic rings. The highest BCUT2D eigenvalue weighted by Crippen LogP contribution is 2.19. The van der Waals surface area contributed by atoms with Crippen molar-refractivity contribution in [1.29, 1.82) is 0 Å². The van der Waals surface area contributed by atoms with Crippen molar-refractivity contribution in [1.82, 2.24) is 0 Å². The lowest BCUT2D eigenvalue weighted by atomic mass is 10.2. The molecule has 0 amide bonds. The van der Waals surface area contributed by atoms with Gasteiger partial charge in [-0.15, -0.1) is 0 Å². The second kappa shape index (κ2) is 2.95. The summed E-state index contributed by atoms with van der Waals surface area (Å²) in [5, 5.41) is 1.82. The van der Waals surface area contributed by atoms with Gasteiger partial charge in [-0.3, -0.25) is 0 Å². The number of furan rings is 1. The molecule has 0 radical (unpaired) electrons. The van der Waals surface area contributed by atoms with Gasteiger partial charge < -0.3 is 4.42 Å². The Hall–Kier alpha value is -1.09. The number of para-hydroxylation sites is 1. The fourth-order valence-electron chi connectivity index (χ4n) is 1.40. The summed E-state index contributed by atoms with van der Waals surface area (Å²) in [4.78, 5) is 0. The topological polar surface area (TPSA) is 13.1 Å². The Balaban J connectivity index is 2.69. The zero-order chi connectivity index (χ0) is 10.3. The first-order chi connectivity index (χ1) is 6.48. The van der Waals surface area contributed by atoms with Gasteiger partial charge in [-0.2, -0.15) is 0 Å². The predicted octanol–water partition coefficient (Wildman–Crippen LogP) is 3.12. The number of hydrogen-bond donors (Lipinski definition) is 0. The molecule has 1 aromatic heterocycles. The van der Waals surface area contributed by atoms with E-state index >= 15 is 0 Å². The Morgan fingerprint density at radius 3 is 2.50 bits per heavy atom. The molecule has 0 aliphatic heterocycles. The van der Waals surface area contributed by atoms with E-state index < -0.39 is 8.07 Å². The van der Waals surface area contributed by atoms with Crippen LogP contribution in [0.25, 0.3) is 11.0 Å². The van der Waals surface area contributed by atoms with Crippen LogP contribution in [-0.2, 0) is 0 Å². The highest BCUT2D eigenvalue weighted by Gasteiger charge is 2.22. The third-order valence-corrected chi connectivity index (χ3v) is 3.96. The van der Waals surface area contributed by atoms with E-state index in [2.05, 4.69) is 19.6 Å². The van der Waals surface area contributed by atoms with Crippen molar-refractivity contribution < 1.29 is 8.81 Å². The molecule has 14 heavy (non-hydrogen) atoms. The fraction of sp³-hybridized carbons (Fsp3) is 0.273. The van der Waals surface area contributed by atoms with Crippen LogP contribution in [0.4, 0.5) is 4.39 Å². The fourth-order valence-corrected chi connectivity index (χ4v) is 2.39. The van der Waals surface area contributed by atoms with Gasteiger partial charge in [0.15, 0.2) is 11.4 Å². The van der Waals surface area contributed by atoms with E-state index in [-0.39, 0.29) is 5.82 Å². The summed E-state index contributed by atoms with van der Waals surface area (Å²) in [5.41, 5.74) is 0.393. The van der Waals surface area contributed by atoms with E-state index in [4.69, 9.17) is 4.42 Å². The number of rotatable bonds is 1. The van der Waals surface area contributed by atoms with Crippen molar-refractivity contribution in [3.8, 4) is 0 Å². The minimum absolute atomic E-state index is 0.271. The van der Waals surface area contributed by atoms with Gasteiger partial charge in [0, 0.05) is 5.39 Å². The average molecular weight is 208 g/mol. The summed E-state index contributed by atoms with van der Waals surface area (Å²) in [6, 6.07) is 6.98. The molecular weight excluding hydrogens is 195 g/mol. The lowest BCUT2D eigenvalue weighted by Crippen LogP contribution is -2.36. The van der Waals surface area contributed by atoms with Crippen LogP contribution in [0.5, 0.6) is 0 Å². The third-order valence-electron chi connectivity index (χ3n) is 2.24. The molecule has 0 atom stereocenters. The van der Waals surface area contributed by atoms with E-state index in [1.165, 1.54) is 6.07 Å². The van der Waals surface area contributed by atoms with Crippen LogP contribution < -0.4 is 5.38 Å². The van der Waals surface area contributed by atoms with Gasteiger partial charge in [0.1, 0.15) is 8.07 Å². The molecule has 2 rings (SSSR count). The van der Waals surface area contributed by atoms with E-state index in [0.29, 0.717) is 5.58 Å². The highest BCUT2D eigenvalue weighted by atomic mass is 28.3. The normalized spacial score (nSPS) is 12.3. The lowest BCUT2D eigenvalue weighted by Gasteiger charge is -2.10. The molecule has 1 aromatic carbocycles. The molecule has 0 saturated heterocycles. The van der Waals surface area contributed by atoms with E-state index in [1.807, 2.05) is 12.1 Å². The van der Waals surface area contributed by atoms with Gasteiger partial charge in [-0.1, -0.05) is 31.8 Å². The molecular formula is C11H13FOSi. The Morgan fingerprint density at radius 1 is 1.21 bits per heavy atom. The maximum atomic E-state index is 13.3. The van der Waals surface area contributed by atoms with Crippen molar-refractivity contribution in [3.05, 3.63) is 30.1 Å². The van der Waals surface area contributed by atoms with E-state index in [9.17, 15) is 4.39 Å². The Kier molecular flexibility index (Phi) is 1.99. The van der Waals surface area contributed by atoms with Gasteiger partial charge in [0.25, 0.3) is 0 Å². The van der Waals surface area contributed by atoms with Crippen molar-refractivity contribution in [2.45, 2.75) is 19.6 Å². The summed E-state index contributed by atoms with van der Waals surface area (Å²) >= 11 is 0. The van der Waals surface area contributed by atoms with E-state index in [1.54, 1.807) is 6.07 Å². The highest BCUT2D eigenvalue weighted by molar-refractivity contribution is 6.87. The predicted molar refractivity (Wildman–Crippen MR) is 59.2 cm³/mol. The maximum absolute atomic E-state index is 13.3. The summed E-state index contributed by atoms with van der Waals surface area (Å²) in [7, 11) is -1.47. The molecule has 0 saturated carbocycles. The smallest absolute Gasteiger partial charge is 0.169 e. The van der Waals surface area contributed by atoms with Gasteiger partial charge >= 0.3 is 0 Å². The van der Waals surface area contributed by atoms with Gasteiger partial charge in [-0.25, -0.2) is 4.39 Å². The van der Waals surface area contributed by atoms with Gasteiger partial charge in [-0.05, 0) is 12.1 Å². The molecule has 0 unspecified atom stereocenters.